The minimum Gasteiger partial charge on any atom is -0.497 e. The van der Waals surface area contributed by atoms with Gasteiger partial charge in [-0.1, -0.05) is 53.4 Å². The lowest BCUT2D eigenvalue weighted by molar-refractivity contribution is -0.124. The summed E-state index contributed by atoms with van der Waals surface area (Å²) in [7, 11) is 1.72. The summed E-state index contributed by atoms with van der Waals surface area (Å²) in [5.41, 5.74) is 3.77. The molecule has 0 N–H and O–H groups in total. The number of methoxy groups -OCH3 is 1. The molecule has 2 aromatic rings. The van der Waals surface area contributed by atoms with Crippen molar-refractivity contribution in [3.8, 4) is 5.75 Å². The van der Waals surface area contributed by atoms with E-state index < -0.39 is 0 Å². The van der Waals surface area contributed by atoms with Gasteiger partial charge in [-0.15, -0.1) is 0 Å². The van der Waals surface area contributed by atoms with E-state index in [0.29, 0.717) is 5.91 Å². The van der Waals surface area contributed by atoms with E-state index in [1.165, 1.54) is 36.1 Å². The van der Waals surface area contributed by atoms with Gasteiger partial charge >= 0.3 is 0 Å². The highest BCUT2D eigenvalue weighted by Crippen LogP contribution is 2.35. The topological polar surface area (TPSA) is 36.0 Å². The molecule has 1 atom stereocenters. The minimum atomic E-state index is 0.204. The zero-order valence-electron chi connectivity index (χ0n) is 20.9. The number of amides is 1. The second-order valence-corrected chi connectivity index (χ2v) is 11.3. The molecule has 2 aliphatic heterocycles. The number of rotatable bonds is 6. The molecular formula is C29H38BrN3O2. The number of hydrogen-bond donors (Lipinski definition) is 0. The van der Waals surface area contributed by atoms with E-state index >= 15 is 0 Å². The smallest absolute Gasteiger partial charge is 0.230 e. The maximum Gasteiger partial charge on any atom is 0.230 e. The van der Waals surface area contributed by atoms with Crippen LogP contribution in [0.2, 0.25) is 0 Å². The van der Waals surface area contributed by atoms with E-state index in [2.05, 4.69) is 67.0 Å². The molecule has 6 heteroatoms. The molecule has 2 aromatic carbocycles. The van der Waals surface area contributed by atoms with E-state index in [9.17, 15) is 4.79 Å². The summed E-state index contributed by atoms with van der Waals surface area (Å²) in [6.45, 7) is 6.08. The van der Waals surface area contributed by atoms with E-state index in [1.807, 2.05) is 6.07 Å². The summed E-state index contributed by atoms with van der Waals surface area (Å²) in [6.07, 6.45) is 7.92. The molecule has 1 saturated carbocycles. The van der Waals surface area contributed by atoms with Gasteiger partial charge in [0.05, 0.1) is 7.11 Å². The van der Waals surface area contributed by atoms with Crippen molar-refractivity contribution in [2.75, 3.05) is 44.7 Å². The largest absolute Gasteiger partial charge is 0.497 e. The van der Waals surface area contributed by atoms with Crippen molar-refractivity contribution in [1.82, 2.24) is 9.80 Å². The van der Waals surface area contributed by atoms with Crippen LogP contribution < -0.4 is 9.64 Å². The Morgan fingerprint density at radius 1 is 0.971 bits per heavy atom. The first kappa shape index (κ1) is 24.8. The summed E-state index contributed by atoms with van der Waals surface area (Å²) in [4.78, 5) is 21.1. The molecule has 0 spiro atoms. The second kappa shape index (κ2) is 11.4. The average Bonchev–Trinajstić information content (AvgIpc) is 2.91. The fourth-order valence-electron chi connectivity index (χ4n) is 6.09. The highest BCUT2D eigenvalue weighted by molar-refractivity contribution is 9.10. The number of para-hydroxylation sites is 1. The summed E-state index contributed by atoms with van der Waals surface area (Å²) in [6, 6.07) is 15.1. The molecular weight excluding hydrogens is 502 g/mol. The van der Waals surface area contributed by atoms with Crippen molar-refractivity contribution >= 4 is 27.5 Å². The van der Waals surface area contributed by atoms with Gasteiger partial charge < -0.3 is 9.64 Å². The Labute approximate surface area is 218 Å². The molecule has 2 heterocycles. The Hall–Kier alpha value is -1.89. The molecule has 5 nitrogen and oxygen atoms in total. The number of halogens is 1. The highest BCUT2D eigenvalue weighted by atomic mass is 79.9. The number of fused-ring (bicyclic) bond motifs is 1. The summed E-state index contributed by atoms with van der Waals surface area (Å²) in [5, 5.41) is 0. The number of piperazine rings is 1. The molecule has 35 heavy (non-hydrogen) atoms. The van der Waals surface area contributed by atoms with Gasteiger partial charge in [0.25, 0.3) is 0 Å². The summed E-state index contributed by atoms with van der Waals surface area (Å²) >= 11 is 3.70. The molecule has 1 aliphatic carbocycles. The number of carbonyl (C=O) groups excluding carboxylic acids is 1. The third-order valence-corrected chi connectivity index (χ3v) is 8.91. The van der Waals surface area contributed by atoms with Crippen molar-refractivity contribution in [1.29, 1.82) is 0 Å². The highest BCUT2D eigenvalue weighted by Gasteiger charge is 2.36. The Morgan fingerprint density at radius 3 is 2.49 bits per heavy atom. The Kier molecular flexibility index (Phi) is 8.11. The average molecular weight is 541 g/mol. The van der Waals surface area contributed by atoms with Crippen molar-refractivity contribution < 1.29 is 9.53 Å². The maximum absolute atomic E-state index is 13.8. The Morgan fingerprint density at radius 2 is 1.71 bits per heavy atom. The van der Waals surface area contributed by atoms with Crippen LogP contribution in [0.25, 0.3) is 0 Å². The normalized spacial score (nSPS) is 22.1. The minimum absolute atomic E-state index is 0.204. The molecule has 1 amide bonds. The van der Waals surface area contributed by atoms with Gasteiger partial charge in [0.2, 0.25) is 5.91 Å². The van der Waals surface area contributed by atoms with Crippen LogP contribution in [0.15, 0.2) is 46.9 Å². The molecule has 0 bridgehead atoms. The summed E-state index contributed by atoms with van der Waals surface area (Å²) < 4.78 is 6.56. The van der Waals surface area contributed by atoms with Gasteiger partial charge in [-0.25, -0.2) is 0 Å². The third kappa shape index (κ3) is 5.76. The number of anilines is 1. The van der Waals surface area contributed by atoms with Crippen LogP contribution in [0, 0.1) is 5.92 Å². The molecule has 0 radical (unpaired) electrons. The first-order valence-corrected chi connectivity index (χ1v) is 14.1. The molecule has 188 valence electrons. The van der Waals surface area contributed by atoms with Gasteiger partial charge in [-0.2, -0.15) is 0 Å². The number of aryl methyl sites for hydroxylation is 1. The number of benzene rings is 2. The Bertz CT molecular complexity index is 1010. The SMILES string of the molecule is COc1ccc(Br)c(CN2CCN(CC3CCc4ccccc4N3C(=O)C3CCCCC3)CC2)c1. The van der Waals surface area contributed by atoms with E-state index in [-0.39, 0.29) is 12.0 Å². The van der Waals surface area contributed by atoms with Crippen molar-refractivity contribution in [2.24, 2.45) is 5.92 Å². The molecule has 1 unspecified atom stereocenters. The monoisotopic (exact) mass is 539 g/mol. The third-order valence-electron chi connectivity index (χ3n) is 8.14. The number of hydrogen-bond acceptors (Lipinski definition) is 4. The van der Waals surface area contributed by atoms with Gasteiger partial charge in [0, 0.05) is 61.4 Å². The zero-order valence-corrected chi connectivity index (χ0v) is 22.5. The summed E-state index contributed by atoms with van der Waals surface area (Å²) in [5.74, 6) is 1.49. The zero-order chi connectivity index (χ0) is 24.2. The van der Waals surface area contributed by atoms with E-state index in [0.717, 1.165) is 75.2 Å². The lowest BCUT2D eigenvalue weighted by Crippen LogP contribution is -2.55. The van der Waals surface area contributed by atoms with E-state index in [1.54, 1.807) is 7.11 Å². The maximum atomic E-state index is 13.8. The standard InChI is InChI=1S/C29H38BrN3O2/c1-35-26-13-14-27(30)24(19-26)20-31-15-17-32(18-16-31)21-25-12-11-22-7-5-6-10-28(22)33(25)29(34)23-8-3-2-4-9-23/h5-7,10,13-14,19,23,25H,2-4,8-9,11-12,15-18,20-21H2,1H3. The van der Waals surface area contributed by atoms with Crippen LogP contribution in [-0.2, 0) is 17.8 Å². The fourth-order valence-corrected chi connectivity index (χ4v) is 6.46. The Balaban J connectivity index is 1.23. The number of nitrogens with zero attached hydrogens (tertiary/aromatic N) is 3. The number of carbonyl (C=O) groups is 1. The molecule has 1 saturated heterocycles. The quantitative estimate of drug-likeness (QED) is 0.485. The van der Waals surface area contributed by atoms with Crippen LogP contribution in [0.1, 0.15) is 49.7 Å². The van der Waals surface area contributed by atoms with Gasteiger partial charge in [0.15, 0.2) is 0 Å². The molecule has 5 rings (SSSR count). The predicted octanol–water partition coefficient (Wildman–Crippen LogP) is 5.50. The molecule has 3 aliphatic rings. The van der Waals surface area contributed by atoms with Gasteiger partial charge in [0.1, 0.15) is 5.75 Å². The lowest BCUT2D eigenvalue weighted by atomic mass is 9.86. The second-order valence-electron chi connectivity index (χ2n) is 10.4. The van der Waals surface area contributed by atoms with Crippen LogP contribution >= 0.6 is 15.9 Å². The van der Waals surface area contributed by atoms with Crippen molar-refractivity contribution in [2.45, 2.75) is 57.5 Å². The fraction of sp³-hybridized carbons (Fsp3) is 0.552. The van der Waals surface area contributed by atoms with Crippen LogP contribution in [0.3, 0.4) is 0 Å². The van der Waals surface area contributed by atoms with Crippen molar-refractivity contribution in [3.63, 3.8) is 0 Å². The van der Waals surface area contributed by atoms with Crippen molar-refractivity contribution in [3.05, 3.63) is 58.1 Å². The van der Waals surface area contributed by atoms with Crippen LogP contribution in [0.4, 0.5) is 5.69 Å². The first-order valence-electron chi connectivity index (χ1n) is 13.3. The van der Waals surface area contributed by atoms with E-state index in [4.69, 9.17) is 4.74 Å². The number of ether oxygens (including phenoxy) is 1. The van der Waals surface area contributed by atoms with Gasteiger partial charge in [-0.3, -0.25) is 14.6 Å². The van der Waals surface area contributed by atoms with Gasteiger partial charge in [-0.05, 0) is 61.1 Å². The molecule has 0 aromatic heterocycles. The first-order chi connectivity index (χ1) is 17.1. The van der Waals surface area contributed by atoms with Crippen LogP contribution in [-0.4, -0.2) is 61.6 Å². The van der Waals surface area contributed by atoms with Crippen LogP contribution in [0.5, 0.6) is 5.75 Å². The predicted molar refractivity (Wildman–Crippen MR) is 145 cm³/mol. The molecule has 2 fully saturated rings. The lowest BCUT2D eigenvalue weighted by Gasteiger charge is -2.43.